The zero-order valence-corrected chi connectivity index (χ0v) is 9.70. The van der Waals surface area contributed by atoms with Crippen molar-refractivity contribution in [1.29, 1.82) is 0 Å². The van der Waals surface area contributed by atoms with E-state index < -0.39 is 5.79 Å². The zero-order valence-electron chi connectivity index (χ0n) is 9.70. The maximum absolute atomic E-state index is 11.0. The first-order valence-electron chi connectivity index (χ1n) is 5.07. The van der Waals surface area contributed by atoms with Gasteiger partial charge < -0.3 is 14.2 Å². The van der Waals surface area contributed by atoms with Gasteiger partial charge in [-0.05, 0) is 33.8 Å². The van der Waals surface area contributed by atoms with Crippen LogP contribution < -0.4 is 0 Å². The molecule has 0 aromatic heterocycles. The number of carbonyl (C=O) groups is 1. The third-order valence-corrected chi connectivity index (χ3v) is 1.84. The van der Waals surface area contributed by atoms with Gasteiger partial charge in [0.25, 0.3) is 5.79 Å². The fraction of sp³-hybridized carbons (Fsp3) is 0.727. The van der Waals surface area contributed by atoms with Gasteiger partial charge in [0.15, 0.2) is 0 Å². The molecule has 1 atom stereocenters. The van der Waals surface area contributed by atoms with Crippen LogP contribution in [-0.2, 0) is 19.0 Å². The van der Waals surface area contributed by atoms with Crippen molar-refractivity contribution in [2.75, 3.05) is 13.2 Å². The molecular formula is C11H18O4. The number of esters is 1. The van der Waals surface area contributed by atoms with Gasteiger partial charge in [0.05, 0.1) is 5.60 Å². The number of ether oxygens (including phenoxy) is 3. The molecule has 0 bridgehead atoms. The van der Waals surface area contributed by atoms with Gasteiger partial charge in [-0.2, -0.15) is 0 Å². The second-order valence-corrected chi connectivity index (χ2v) is 4.40. The van der Waals surface area contributed by atoms with E-state index in [2.05, 4.69) is 0 Å². The lowest BCUT2D eigenvalue weighted by Crippen LogP contribution is -2.40. The first-order valence-corrected chi connectivity index (χ1v) is 5.07. The Morgan fingerprint density at radius 2 is 2.13 bits per heavy atom. The number of hydrogen-bond donors (Lipinski definition) is 0. The van der Waals surface area contributed by atoms with E-state index in [4.69, 9.17) is 14.2 Å². The van der Waals surface area contributed by atoms with Crippen LogP contribution in [0, 0.1) is 0 Å². The van der Waals surface area contributed by atoms with Gasteiger partial charge in [0.1, 0.15) is 6.61 Å². The minimum absolute atomic E-state index is 0.215. The summed E-state index contributed by atoms with van der Waals surface area (Å²) in [7, 11) is 0. The molecule has 1 rings (SSSR count). The zero-order chi connectivity index (χ0) is 11.5. The predicted octanol–water partition coefficient (Wildman–Crippen LogP) is 1.65. The van der Waals surface area contributed by atoms with Gasteiger partial charge in [-0.25, -0.2) is 4.79 Å². The van der Waals surface area contributed by atoms with E-state index in [1.165, 1.54) is 6.08 Å². The fourth-order valence-electron chi connectivity index (χ4n) is 1.19. The van der Waals surface area contributed by atoms with Crippen molar-refractivity contribution in [3.8, 4) is 0 Å². The molecular weight excluding hydrogens is 196 g/mol. The molecule has 0 spiro atoms. The average molecular weight is 214 g/mol. The van der Waals surface area contributed by atoms with Crippen molar-refractivity contribution in [2.24, 2.45) is 0 Å². The molecule has 0 fully saturated rings. The Kier molecular flexibility index (Phi) is 3.52. The molecule has 15 heavy (non-hydrogen) atoms. The van der Waals surface area contributed by atoms with Gasteiger partial charge in [-0.15, -0.1) is 0 Å². The summed E-state index contributed by atoms with van der Waals surface area (Å²) < 4.78 is 16.1. The Balaban J connectivity index is 2.60. The van der Waals surface area contributed by atoms with Crippen LogP contribution in [0.4, 0.5) is 0 Å². The summed E-state index contributed by atoms with van der Waals surface area (Å²) in [5.74, 6) is -1.42. The summed E-state index contributed by atoms with van der Waals surface area (Å²) in [6, 6.07) is 0. The minimum Gasteiger partial charge on any atom is -0.423 e. The summed E-state index contributed by atoms with van der Waals surface area (Å²) in [6.45, 7) is 8.34. The highest BCUT2D eigenvalue weighted by Crippen LogP contribution is 2.24. The minimum atomic E-state index is -1.03. The van der Waals surface area contributed by atoms with Crippen LogP contribution in [0.1, 0.15) is 27.7 Å². The molecule has 0 radical (unpaired) electrons. The Morgan fingerprint density at radius 3 is 2.53 bits per heavy atom. The molecule has 4 heteroatoms. The SMILES string of the molecule is CCOC1(COC(C)(C)C)C=CC(=O)O1. The highest BCUT2D eigenvalue weighted by atomic mass is 16.7. The van der Waals surface area contributed by atoms with Gasteiger partial charge in [-0.1, -0.05) is 0 Å². The molecule has 1 heterocycles. The van der Waals surface area contributed by atoms with E-state index in [0.29, 0.717) is 6.61 Å². The average Bonchev–Trinajstić information content (AvgIpc) is 2.45. The van der Waals surface area contributed by atoms with Gasteiger partial charge >= 0.3 is 5.97 Å². The van der Waals surface area contributed by atoms with E-state index >= 15 is 0 Å². The normalized spacial score (nSPS) is 25.7. The fourth-order valence-corrected chi connectivity index (χ4v) is 1.19. The van der Waals surface area contributed by atoms with Crippen LogP contribution in [0.5, 0.6) is 0 Å². The van der Waals surface area contributed by atoms with Crippen molar-refractivity contribution in [3.63, 3.8) is 0 Å². The van der Waals surface area contributed by atoms with Gasteiger partial charge in [0.2, 0.25) is 0 Å². The lowest BCUT2D eigenvalue weighted by Gasteiger charge is -2.29. The van der Waals surface area contributed by atoms with Gasteiger partial charge in [-0.3, -0.25) is 0 Å². The summed E-state index contributed by atoms with van der Waals surface area (Å²) in [4.78, 5) is 11.0. The molecule has 0 aliphatic carbocycles. The Bertz CT molecular complexity index is 264. The predicted molar refractivity (Wildman–Crippen MR) is 55.3 cm³/mol. The second-order valence-electron chi connectivity index (χ2n) is 4.40. The monoisotopic (exact) mass is 214 g/mol. The Hall–Kier alpha value is -0.870. The molecule has 0 amide bonds. The molecule has 1 aliphatic rings. The molecule has 86 valence electrons. The largest absolute Gasteiger partial charge is 0.423 e. The van der Waals surface area contributed by atoms with Crippen molar-refractivity contribution in [1.82, 2.24) is 0 Å². The molecule has 4 nitrogen and oxygen atoms in total. The topological polar surface area (TPSA) is 44.8 Å². The first kappa shape index (κ1) is 12.2. The number of carbonyl (C=O) groups excluding carboxylic acids is 1. The summed E-state index contributed by atoms with van der Waals surface area (Å²) in [5.41, 5.74) is -0.285. The third-order valence-electron chi connectivity index (χ3n) is 1.84. The van der Waals surface area contributed by atoms with E-state index in [0.717, 1.165) is 0 Å². The first-order chi connectivity index (χ1) is 6.87. The standard InChI is InChI=1S/C11H18O4/c1-5-13-11(7-6-9(12)15-11)8-14-10(2,3)4/h6-7H,5,8H2,1-4H3. The van der Waals surface area contributed by atoms with Crippen LogP contribution in [0.15, 0.2) is 12.2 Å². The maximum Gasteiger partial charge on any atom is 0.333 e. The summed E-state index contributed by atoms with van der Waals surface area (Å²) >= 11 is 0. The molecule has 1 aliphatic heterocycles. The number of hydrogen-bond acceptors (Lipinski definition) is 4. The Labute approximate surface area is 90.2 Å². The van der Waals surface area contributed by atoms with Crippen molar-refractivity contribution in [3.05, 3.63) is 12.2 Å². The third kappa shape index (κ3) is 3.64. The lowest BCUT2D eigenvalue weighted by molar-refractivity contribution is -0.226. The second kappa shape index (κ2) is 4.33. The molecule has 0 saturated carbocycles. The highest BCUT2D eigenvalue weighted by molar-refractivity contribution is 5.84. The highest BCUT2D eigenvalue weighted by Gasteiger charge is 2.38. The molecule has 1 unspecified atom stereocenters. The lowest BCUT2D eigenvalue weighted by atomic mass is 10.2. The van der Waals surface area contributed by atoms with Crippen molar-refractivity contribution < 1.29 is 19.0 Å². The van der Waals surface area contributed by atoms with Crippen molar-refractivity contribution >= 4 is 5.97 Å². The van der Waals surface area contributed by atoms with Gasteiger partial charge in [0, 0.05) is 12.7 Å². The van der Waals surface area contributed by atoms with Crippen molar-refractivity contribution in [2.45, 2.75) is 39.1 Å². The molecule has 0 N–H and O–H groups in total. The smallest absolute Gasteiger partial charge is 0.333 e. The Morgan fingerprint density at radius 1 is 1.47 bits per heavy atom. The van der Waals surface area contributed by atoms with E-state index in [9.17, 15) is 4.79 Å². The van der Waals surface area contributed by atoms with E-state index in [1.54, 1.807) is 6.08 Å². The van der Waals surface area contributed by atoms with Crippen LogP contribution in [0.2, 0.25) is 0 Å². The maximum atomic E-state index is 11.0. The number of rotatable bonds is 4. The van der Waals surface area contributed by atoms with Crippen LogP contribution in [0.3, 0.4) is 0 Å². The quantitative estimate of drug-likeness (QED) is 0.667. The van der Waals surface area contributed by atoms with E-state index in [-0.39, 0.29) is 18.2 Å². The summed E-state index contributed by atoms with van der Waals surface area (Å²) in [5, 5.41) is 0. The van der Waals surface area contributed by atoms with Crippen LogP contribution in [0.25, 0.3) is 0 Å². The van der Waals surface area contributed by atoms with E-state index in [1.807, 2.05) is 27.7 Å². The molecule has 0 saturated heterocycles. The number of cyclic esters (lactones) is 1. The van der Waals surface area contributed by atoms with Crippen LogP contribution in [-0.4, -0.2) is 30.6 Å². The van der Waals surface area contributed by atoms with Crippen LogP contribution >= 0.6 is 0 Å². The summed E-state index contributed by atoms with van der Waals surface area (Å²) in [6.07, 6.45) is 2.96. The molecule has 0 aromatic rings. The molecule has 0 aromatic carbocycles.